The van der Waals surface area contributed by atoms with Crippen LogP contribution < -0.4 is 29.6 Å². The average Bonchev–Trinajstić information content (AvgIpc) is 3.58. The van der Waals surface area contributed by atoms with Gasteiger partial charge >= 0.3 is 0 Å². The Balaban J connectivity index is 1.25. The van der Waals surface area contributed by atoms with Crippen LogP contribution in [0, 0.1) is 5.92 Å². The monoisotopic (exact) mass is 493 g/mol. The van der Waals surface area contributed by atoms with Crippen LogP contribution in [0.2, 0.25) is 0 Å². The van der Waals surface area contributed by atoms with E-state index in [1.165, 1.54) is 0 Å². The van der Waals surface area contributed by atoms with E-state index >= 15 is 0 Å². The molecule has 1 saturated heterocycles. The number of hydrogen-bond donors (Lipinski definition) is 2. The number of carbonyl (C=O) groups excluding carboxylic acids is 3. The van der Waals surface area contributed by atoms with Gasteiger partial charge in [-0.05, 0) is 55.2 Å². The molecule has 188 valence electrons. The molecule has 2 aromatic rings. The van der Waals surface area contributed by atoms with Crippen molar-refractivity contribution in [3.8, 4) is 23.0 Å². The van der Waals surface area contributed by atoms with E-state index in [0.29, 0.717) is 60.1 Å². The standard InChI is InChI=1S/C26H27N3O7/c1-2-9-27-25(31)23(28-24(30)17-3-5-19-21(12-17)35-14-33-19)16-7-10-29(11-8-16)26(32)18-4-6-20-22(13-18)36-15-34-20/h2-6,12-13,16,23H,1,7-11,14-15H2,(H,27,31)(H,28,30). The fourth-order valence-electron chi connectivity index (χ4n) is 4.59. The number of piperidine rings is 1. The molecule has 1 fully saturated rings. The summed E-state index contributed by atoms with van der Waals surface area (Å²) < 4.78 is 21.4. The molecule has 1 atom stereocenters. The minimum atomic E-state index is -0.759. The second-order valence-corrected chi connectivity index (χ2v) is 8.75. The molecule has 3 amide bonds. The summed E-state index contributed by atoms with van der Waals surface area (Å²) in [6.07, 6.45) is 2.70. The van der Waals surface area contributed by atoms with E-state index in [9.17, 15) is 14.4 Å². The summed E-state index contributed by atoms with van der Waals surface area (Å²) >= 11 is 0. The highest BCUT2D eigenvalue weighted by Crippen LogP contribution is 2.34. The van der Waals surface area contributed by atoms with Crippen molar-refractivity contribution < 1.29 is 33.3 Å². The first-order chi connectivity index (χ1) is 17.5. The molecule has 2 N–H and O–H groups in total. The van der Waals surface area contributed by atoms with Crippen LogP contribution in [0.4, 0.5) is 0 Å². The van der Waals surface area contributed by atoms with Gasteiger partial charge in [0.1, 0.15) is 6.04 Å². The summed E-state index contributed by atoms with van der Waals surface area (Å²) in [5, 5.41) is 5.68. The zero-order chi connectivity index (χ0) is 25.1. The minimum Gasteiger partial charge on any atom is -0.454 e. The Labute approximate surface area is 208 Å². The first-order valence-electron chi connectivity index (χ1n) is 11.8. The highest BCUT2D eigenvalue weighted by molar-refractivity contribution is 5.98. The van der Waals surface area contributed by atoms with Crippen LogP contribution >= 0.6 is 0 Å². The van der Waals surface area contributed by atoms with Gasteiger partial charge in [0.2, 0.25) is 19.5 Å². The van der Waals surface area contributed by atoms with Crippen LogP contribution in [0.5, 0.6) is 23.0 Å². The molecule has 1 unspecified atom stereocenters. The smallest absolute Gasteiger partial charge is 0.253 e. The first-order valence-corrected chi connectivity index (χ1v) is 11.8. The van der Waals surface area contributed by atoms with Gasteiger partial charge in [0, 0.05) is 30.8 Å². The Hall–Kier alpha value is -4.21. The Morgan fingerprint density at radius 2 is 1.50 bits per heavy atom. The van der Waals surface area contributed by atoms with Crippen LogP contribution in [-0.4, -0.2) is 61.9 Å². The largest absolute Gasteiger partial charge is 0.454 e. The molecule has 36 heavy (non-hydrogen) atoms. The molecule has 10 heteroatoms. The molecule has 0 radical (unpaired) electrons. The fraction of sp³-hybridized carbons (Fsp3) is 0.346. The number of rotatable bonds is 7. The summed E-state index contributed by atoms with van der Waals surface area (Å²) in [6, 6.07) is 9.29. The third kappa shape index (κ3) is 4.79. The number of hydrogen-bond acceptors (Lipinski definition) is 7. The number of amides is 3. The first kappa shape index (κ1) is 23.5. The average molecular weight is 494 g/mol. The third-order valence-corrected chi connectivity index (χ3v) is 6.54. The Morgan fingerprint density at radius 1 is 0.917 bits per heavy atom. The predicted octanol–water partition coefficient (Wildman–Crippen LogP) is 2.10. The molecule has 5 rings (SSSR count). The highest BCUT2D eigenvalue weighted by Gasteiger charge is 2.34. The molecule has 0 saturated carbocycles. The molecule has 2 aromatic carbocycles. The van der Waals surface area contributed by atoms with E-state index in [1.54, 1.807) is 47.4 Å². The quantitative estimate of drug-likeness (QED) is 0.568. The molecular weight excluding hydrogens is 466 g/mol. The number of likely N-dealkylation sites (tertiary alicyclic amines) is 1. The van der Waals surface area contributed by atoms with Crippen molar-refractivity contribution in [2.75, 3.05) is 33.2 Å². The zero-order valence-corrected chi connectivity index (χ0v) is 19.7. The van der Waals surface area contributed by atoms with Crippen molar-refractivity contribution in [3.63, 3.8) is 0 Å². The summed E-state index contributed by atoms with van der Waals surface area (Å²) in [5.41, 5.74) is 0.894. The van der Waals surface area contributed by atoms with Crippen molar-refractivity contribution in [2.24, 2.45) is 5.92 Å². The van der Waals surface area contributed by atoms with Crippen LogP contribution in [-0.2, 0) is 4.79 Å². The Morgan fingerprint density at radius 3 is 2.14 bits per heavy atom. The number of nitrogens with zero attached hydrogens (tertiary/aromatic N) is 1. The summed E-state index contributed by atoms with van der Waals surface area (Å²) in [6.45, 7) is 5.10. The van der Waals surface area contributed by atoms with Gasteiger partial charge in [-0.15, -0.1) is 6.58 Å². The normalized spacial score (nSPS) is 16.8. The summed E-state index contributed by atoms with van der Waals surface area (Å²) in [5.74, 6) is 1.32. The maximum atomic E-state index is 13.1. The SMILES string of the molecule is C=CCNC(=O)C(NC(=O)c1ccc2c(c1)OCO2)C1CCN(C(=O)c2ccc3c(c2)OCO3)CC1. The topological polar surface area (TPSA) is 115 Å². The lowest BCUT2D eigenvalue weighted by molar-refractivity contribution is -0.124. The molecule has 3 heterocycles. The van der Waals surface area contributed by atoms with E-state index < -0.39 is 6.04 Å². The maximum Gasteiger partial charge on any atom is 0.253 e. The van der Waals surface area contributed by atoms with Crippen LogP contribution in [0.1, 0.15) is 33.6 Å². The number of benzene rings is 2. The summed E-state index contributed by atoms with van der Waals surface area (Å²) in [7, 11) is 0. The predicted molar refractivity (Wildman–Crippen MR) is 128 cm³/mol. The van der Waals surface area contributed by atoms with Gasteiger partial charge in [-0.1, -0.05) is 6.08 Å². The molecule has 0 bridgehead atoms. The van der Waals surface area contributed by atoms with Crippen LogP contribution in [0.25, 0.3) is 0 Å². The molecule has 3 aliphatic rings. The molecule has 0 aliphatic carbocycles. The summed E-state index contributed by atoms with van der Waals surface area (Å²) in [4.78, 5) is 40.8. The molecule has 3 aliphatic heterocycles. The molecular formula is C26H27N3O7. The number of nitrogens with one attached hydrogen (secondary N) is 2. The fourth-order valence-corrected chi connectivity index (χ4v) is 4.59. The lowest BCUT2D eigenvalue weighted by Gasteiger charge is -2.35. The van der Waals surface area contributed by atoms with Crippen LogP contribution in [0.15, 0.2) is 49.1 Å². The number of carbonyl (C=O) groups is 3. The van der Waals surface area contributed by atoms with Gasteiger partial charge in [-0.2, -0.15) is 0 Å². The Bertz CT molecular complexity index is 1190. The lowest BCUT2D eigenvalue weighted by atomic mass is 9.88. The minimum absolute atomic E-state index is 0.108. The molecule has 0 aromatic heterocycles. The van der Waals surface area contributed by atoms with Gasteiger partial charge in [0.15, 0.2) is 23.0 Å². The van der Waals surface area contributed by atoms with Gasteiger partial charge in [0.05, 0.1) is 0 Å². The van der Waals surface area contributed by atoms with Gasteiger partial charge in [0.25, 0.3) is 11.8 Å². The Kier molecular flexibility index (Phi) is 6.66. The van der Waals surface area contributed by atoms with E-state index in [1.807, 2.05) is 0 Å². The van der Waals surface area contributed by atoms with E-state index in [2.05, 4.69) is 17.2 Å². The van der Waals surface area contributed by atoms with Crippen molar-refractivity contribution >= 4 is 17.7 Å². The van der Waals surface area contributed by atoms with Gasteiger partial charge in [-0.3, -0.25) is 14.4 Å². The second kappa shape index (κ2) is 10.2. The molecule has 10 nitrogen and oxygen atoms in total. The third-order valence-electron chi connectivity index (χ3n) is 6.54. The highest BCUT2D eigenvalue weighted by atomic mass is 16.7. The maximum absolute atomic E-state index is 13.1. The van der Waals surface area contributed by atoms with Crippen molar-refractivity contribution in [3.05, 3.63) is 60.2 Å². The lowest BCUT2D eigenvalue weighted by Crippen LogP contribution is -2.53. The van der Waals surface area contributed by atoms with Crippen molar-refractivity contribution in [2.45, 2.75) is 18.9 Å². The number of fused-ring (bicyclic) bond motifs is 2. The zero-order valence-electron chi connectivity index (χ0n) is 19.7. The number of ether oxygens (including phenoxy) is 4. The van der Waals surface area contributed by atoms with Gasteiger partial charge in [-0.25, -0.2) is 0 Å². The van der Waals surface area contributed by atoms with E-state index in [-0.39, 0.29) is 43.8 Å². The van der Waals surface area contributed by atoms with Crippen molar-refractivity contribution in [1.29, 1.82) is 0 Å². The van der Waals surface area contributed by atoms with E-state index in [0.717, 1.165) is 0 Å². The van der Waals surface area contributed by atoms with E-state index in [4.69, 9.17) is 18.9 Å². The second-order valence-electron chi connectivity index (χ2n) is 8.75. The van der Waals surface area contributed by atoms with Gasteiger partial charge < -0.3 is 34.5 Å². The van der Waals surface area contributed by atoms with Crippen molar-refractivity contribution in [1.82, 2.24) is 15.5 Å². The van der Waals surface area contributed by atoms with Crippen LogP contribution in [0.3, 0.4) is 0 Å². The molecule has 0 spiro atoms.